The van der Waals surface area contributed by atoms with Gasteiger partial charge in [-0.25, -0.2) is 0 Å². The van der Waals surface area contributed by atoms with E-state index in [-0.39, 0.29) is 29.6 Å². The molecule has 0 aliphatic heterocycles. The third-order valence-corrected chi connectivity index (χ3v) is 1.85. The normalized spacial score (nSPS) is 11.6. The molecule has 0 rings (SSSR count). The van der Waals surface area contributed by atoms with Crippen molar-refractivity contribution in [3.63, 3.8) is 0 Å². The molecule has 0 amide bonds. The molecule has 0 aromatic heterocycles. The molecule has 0 aromatic carbocycles. The number of hydrogen-bond donors (Lipinski definition) is 0. The van der Waals surface area contributed by atoms with Gasteiger partial charge in [-0.15, -0.1) is 0 Å². The predicted octanol–water partition coefficient (Wildman–Crippen LogP) is -0.275. The van der Waals surface area contributed by atoms with Crippen LogP contribution in [0.3, 0.4) is 0 Å². The van der Waals surface area contributed by atoms with E-state index < -0.39 is 7.32 Å². The molecule has 0 heterocycles. The van der Waals surface area contributed by atoms with E-state index in [1.54, 1.807) is 0 Å². The zero-order valence-corrected chi connectivity index (χ0v) is 14.8. The summed E-state index contributed by atoms with van der Waals surface area (Å²) in [5.41, 5.74) is 0. The van der Waals surface area contributed by atoms with Gasteiger partial charge in [-0.1, -0.05) is 41.5 Å². The second-order valence-corrected chi connectivity index (χ2v) is 5.65. The molecule has 0 radical (unpaired) electrons. The van der Waals surface area contributed by atoms with Crippen molar-refractivity contribution in [1.82, 2.24) is 0 Å². The monoisotopic (exact) mass is 254 g/mol. The molecule has 0 N–H and O–H groups in total. The third-order valence-electron chi connectivity index (χ3n) is 1.85. The molecule has 0 aromatic rings. The van der Waals surface area contributed by atoms with Gasteiger partial charge in [0.05, 0.1) is 0 Å². The first-order valence-electron chi connectivity index (χ1n) is 6.42. The molecular formula is C12H28BNaO3. The summed E-state index contributed by atoms with van der Waals surface area (Å²) in [6, 6.07) is 0. The number of hydrogen-bond acceptors (Lipinski definition) is 3. The minimum absolute atomic E-state index is 0. The second kappa shape index (κ2) is 12.0. The summed E-state index contributed by atoms with van der Waals surface area (Å²) >= 11 is 0. The molecule has 0 saturated carbocycles. The van der Waals surface area contributed by atoms with Gasteiger partial charge in [0.25, 0.3) is 0 Å². The maximum Gasteiger partial charge on any atom is 1.00 e. The fourth-order valence-corrected chi connectivity index (χ4v) is 1.17. The predicted molar refractivity (Wildman–Crippen MR) is 69.5 cm³/mol. The standard InChI is InChI=1S/C12H28BO3.Na/c1-10(2)7-14-13(15-8-11(3)4)16-9-12(5)6;/h10-13H,7-9H2,1-6H3;/q-1;+1. The van der Waals surface area contributed by atoms with Gasteiger partial charge in [0.15, 0.2) is 0 Å². The van der Waals surface area contributed by atoms with Crippen LogP contribution in [0.1, 0.15) is 41.5 Å². The summed E-state index contributed by atoms with van der Waals surface area (Å²) in [6.45, 7) is 14.9. The zero-order valence-electron chi connectivity index (χ0n) is 12.8. The average molecular weight is 254 g/mol. The first-order chi connectivity index (χ1) is 7.41. The molecule has 98 valence electrons. The van der Waals surface area contributed by atoms with E-state index in [9.17, 15) is 0 Å². The summed E-state index contributed by atoms with van der Waals surface area (Å²) in [5, 5.41) is 0. The molecule has 3 nitrogen and oxygen atoms in total. The van der Waals surface area contributed by atoms with Crippen LogP contribution in [0, 0.1) is 17.8 Å². The van der Waals surface area contributed by atoms with Gasteiger partial charge in [0.2, 0.25) is 0 Å². The van der Waals surface area contributed by atoms with Crippen LogP contribution >= 0.6 is 0 Å². The molecule has 17 heavy (non-hydrogen) atoms. The Balaban J connectivity index is 0. The molecule has 0 saturated heterocycles. The van der Waals surface area contributed by atoms with Crippen LogP contribution in [0.25, 0.3) is 0 Å². The molecule has 0 spiro atoms. The topological polar surface area (TPSA) is 27.7 Å². The van der Waals surface area contributed by atoms with Gasteiger partial charge in [-0.05, 0) is 17.8 Å². The van der Waals surface area contributed by atoms with Crippen LogP contribution in [0.15, 0.2) is 0 Å². The second-order valence-electron chi connectivity index (χ2n) is 5.65. The van der Waals surface area contributed by atoms with E-state index in [0.717, 1.165) is 0 Å². The smallest absolute Gasteiger partial charge is 0.547 e. The van der Waals surface area contributed by atoms with Crippen molar-refractivity contribution in [3.8, 4) is 0 Å². The summed E-state index contributed by atoms with van der Waals surface area (Å²) in [6.07, 6.45) is 0. The summed E-state index contributed by atoms with van der Waals surface area (Å²) in [7, 11) is -1.34. The fraction of sp³-hybridized carbons (Fsp3) is 1.00. The van der Waals surface area contributed by atoms with Crippen molar-refractivity contribution in [2.24, 2.45) is 17.8 Å². The molecule has 0 atom stereocenters. The molecule has 5 heteroatoms. The molecule has 0 fully saturated rings. The third kappa shape index (κ3) is 14.9. The first kappa shape index (κ1) is 20.3. The first-order valence-corrected chi connectivity index (χ1v) is 6.42. The van der Waals surface area contributed by atoms with Gasteiger partial charge < -0.3 is 14.0 Å². The molecular weight excluding hydrogens is 226 g/mol. The minimum Gasteiger partial charge on any atom is -0.547 e. The van der Waals surface area contributed by atoms with Gasteiger partial charge in [0.1, 0.15) is 0 Å². The van der Waals surface area contributed by atoms with Gasteiger partial charge in [-0.3, -0.25) is 0 Å². The van der Waals surface area contributed by atoms with Crippen LogP contribution in [-0.4, -0.2) is 27.1 Å². The Kier molecular flexibility index (Phi) is 14.3. The van der Waals surface area contributed by atoms with Crippen molar-refractivity contribution >= 4 is 7.32 Å². The van der Waals surface area contributed by atoms with Crippen molar-refractivity contribution in [1.29, 1.82) is 0 Å². The van der Waals surface area contributed by atoms with Gasteiger partial charge in [-0.2, -0.15) is 0 Å². The SMILES string of the molecule is CC(C)CO[BH-](OCC(C)C)OCC(C)C.[Na+]. The Morgan fingerprint density at radius 2 is 0.882 bits per heavy atom. The molecule has 0 aliphatic rings. The minimum atomic E-state index is -1.34. The van der Waals surface area contributed by atoms with E-state index in [0.29, 0.717) is 37.6 Å². The van der Waals surface area contributed by atoms with E-state index in [1.807, 2.05) is 0 Å². The fourth-order valence-electron chi connectivity index (χ4n) is 1.17. The van der Waals surface area contributed by atoms with Crippen molar-refractivity contribution in [2.75, 3.05) is 19.8 Å². The van der Waals surface area contributed by atoms with Crippen molar-refractivity contribution in [3.05, 3.63) is 0 Å². The van der Waals surface area contributed by atoms with Crippen molar-refractivity contribution in [2.45, 2.75) is 41.5 Å². The maximum atomic E-state index is 5.64. The van der Waals surface area contributed by atoms with Gasteiger partial charge >= 0.3 is 36.9 Å². The summed E-state index contributed by atoms with van der Waals surface area (Å²) in [5.74, 6) is 1.54. The van der Waals surface area contributed by atoms with E-state index in [1.165, 1.54) is 0 Å². The van der Waals surface area contributed by atoms with E-state index in [2.05, 4.69) is 41.5 Å². The van der Waals surface area contributed by atoms with E-state index >= 15 is 0 Å². The van der Waals surface area contributed by atoms with Gasteiger partial charge in [0, 0.05) is 19.8 Å². The average Bonchev–Trinajstić information content (AvgIpc) is 2.15. The van der Waals surface area contributed by atoms with Crippen LogP contribution in [0.2, 0.25) is 0 Å². The van der Waals surface area contributed by atoms with E-state index in [4.69, 9.17) is 14.0 Å². The molecule has 0 aliphatic carbocycles. The van der Waals surface area contributed by atoms with Crippen LogP contribution in [0.5, 0.6) is 0 Å². The van der Waals surface area contributed by atoms with Crippen molar-refractivity contribution < 1.29 is 43.5 Å². The largest absolute Gasteiger partial charge is 1.00 e. The quantitative estimate of drug-likeness (QED) is 0.530. The Labute approximate surface area is 129 Å². The Bertz CT molecular complexity index is 137. The number of rotatable bonds is 9. The molecule has 0 unspecified atom stereocenters. The summed E-state index contributed by atoms with van der Waals surface area (Å²) < 4.78 is 16.9. The Morgan fingerprint density at radius 3 is 1.06 bits per heavy atom. The van der Waals surface area contributed by atoms with Crippen LogP contribution in [0.4, 0.5) is 0 Å². The summed E-state index contributed by atoms with van der Waals surface area (Å²) in [4.78, 5) is 0. The van der Waals surface area contributed by atoms with Crippen LogP contribution < -0.4 is 29.6 Å². The van der Waals surface area contributed by atoms with Crippen LogP contribution in [-0.2, 0) is 14.0 Å². The Morgan fingerprint density at radius 1 is 0.647 bits per heavy atom. The maximum absolute atomic E-state index is 5.64. The Hall–Kier alpha value is 0.945. The zero-order chi connectivity index (χ0) is 12.6. The molecule has 0 bridgehead atoms.